The summed E-state index contributed by atoms with van der Waals surface area (Å²) < 4.78 is 30.0. The summed E-state index contributed by atoms with van der Waals surface area (Å²) in [5.41, 5.74) is -1.72. The third-order valence-corrected chi connectivity index (χ3v) is 2.20. The van der Waals surface area contributed by atoms with Gasteiger partial charge < -0.3 is 4.74 Å². The van der Waals surface area contributed by atoms with Gasteiger partial charge in [0.2, 0.25) is 0 Å². The Balaban J connectivity index is 3.38. The fraction of sp³-hybridized carbons (Fsp3) is 0.400. The Labute approximate surface area is 101 Å². The van der Waals surface area contributed by atoms with Crippen molar-refractivity contribution >= 4 is 11.7 Å². The lowest BCUT2D eigenvalue weighted by molar-refractivity contribution is -0.386. The monoisotopic (exact) mass is 260 g/mol. The first-order valence-corrected chi connectivity index (χ1v) is 4.86. The Morgan fingerprint density at radius 1 is 1.61 bits per heavy atom. The van der Waals surface area contributed by atoms with Gasteiger partial charge >= 0.3 is 5.97 Å². The summed E-state index contributed by atoms with van der Waals surface area (Å²) >= 11 is 0. The number of carbonyl (C=O) groups excluding carboxylic acids is 1. The molecular weight excluding hydrogens is 250 g/mol. The summed E-state index contributed by atoms with van der Waals surface area (Å²) in [6, 6.07) is 0.947. The Hall–Kier alpha value is -2.12. The Morgan fingerprint density at radius 2 is 2.22 bits per heavy atom. The number of hydrogen-bond acceptors (Lipinski definition) is 5. The van der Waals surface area contributed by atoms with Gasteiger partial charge in [-0.05, 0) is 6.92 Å². The van der Waals surface area contributed by atoms with E-state index in [1.54, 1.807) is 0 Å². The van der Waals surface area contributed by atoms with Gasteiger partial charge in [-0.15, -0.1) is 0 Å². The van der Waals surface area contributed by atoms with E-state index in [0.717, 1.165) is 13.2 Å². The third-order valence-electron chi connectivity index (χ3n) is 2.20. The molecule has 0 fully saturated rings. The van der Waals surface area contributed by atoms with E-state index in [0.29, 0.717) is 0 Å². The van der Waals surface area contributed by atoms with Gasteiger partial charge in [0.1, 0.15) is 5.56 Å². The third kappa shape index (κ3) is 2.96. The van der Waals surface area contributed by atoms with E-state index < -0.39 is 35.0 Å². The number of nitro groups is 1. The molecule has 0 aliphatic carbocycles. The molecule has 0 unspecified atom stereocenters. The van der Waals surface area contributed by atoms with Crippen LogP contribution in [0.5, 0.6) is 0 Å². The number of rotatable bonds is 4. The van der Waals surface area contributed by atoms with Gasteiger partial charge in [-0.1, -0.05) is 0 Å². The molecule has 1 heterocycles. The first kappa shape index (κ1) is 13.9. The zero-order chi connectivity index (χ0) is 13.9. The van der Waals surface area contributed by atoms with E-state index in [4.69, 9.17) is 0 Å². The molecule has 0 bridgehead atoms. The van der Waals surface area contributed by atoms with Crippen LogP contribution in [0.1, 0.15) is 23.4 Å². The summed E-state index contributed by atoms with van der Waals surface area (Å²) in [6.07, 6.45) is -3.61. The molecule has 0 saturated heterocycles. The minimum absolute atomic E-state index is 0.185. The smallest absolute Gasteiger partial charge is 0.311 e. The Kier molecular flexibility index (Phi) is 4.24. The van der Waals surface area contributed by atoms with Crippen molar-refractivity contribution in [3.05, 3.63) is 33.1 Å². The van der Waals surface area contributed by atoms with Crippen molar-refractivity contribution in [3.63, 3.8) is 0 Å². The second-order valence-electron chi connectivity index (χ2n) is 3.45. The number of alkyl halides is 2. The highest BCUT2D eigenvalue weighted by Gasteiger charge is 2.28. The van der Waals surface area contributed by atoms with Gasteiger partial charge in [-0.3, -0.25) is 19.9 Å². The zero-order valence-corrected chi connectivity index (χ0v) is 9.65. The molecule has 0 aromatic carbocycles. The number of aryl methyl sites for hydroxylation is 1. The SMILES string of the molecule is COC(=O)Cc1nc(C)cc([N+](=O)[O-])c1C(F)F. The van der Waals surface area contributed by atoms with Crippen LogP contribution in [0.25, 0.3) is 0 Å². The molecule has 0 atom stereocenters. The second-order valence-corrected chi connectivity index (χ2v) is 3.45. The first-order valence-electron chi connectivity index (χ1n) is 4.86. The van der Waals surface area contributed by atoms with Crippen LogP contribution in [0.3, 0.4) is 0 Å². The summed E-state index contributed by atoms with van der Waals surface area (Å²) in [4.78, 5) is 24.6. The molecule has 0 aliphatic rings. The maximum atomic E-state index is 12.8. The Bertz CT molecular complexity index is 491. The molecular formula is C10H10F2N2O4. The van der Waals surface area contributed by atoms with Crippen LogP contribution in [-0.4, -0.2) is 23.0 Å². The van der Waals surface area contributed by atoms with E-state index in [1.165, 1.54) is 6.92 Å². The zero-order valence-electron chi connectivity index (χ0n) is 9.65. The van der Waals surface area contributed by atoms with Crippen LogP contribution >= 0.6 is 0 Å². The summed E-state index contributed by atoms with van der Waals surface area (Å²) in [7, 11) is 1.09. The van der Waals surface area contributed by atoms with E-state index in [9.17, 15) is 23.7 Å². The van der Waals surface area contributed by atoms with Crippen LogP contribution in [0.2, 0.25) is 0 Å². The number of pyridine rings is 1. The number of hydrogen-bond donors (Lipinski definition) is 0. The van der Waals surface area contributed by atoms with E-state index in [-0.39, 0.29) is 11.4 Å². The second kappa shape index (κ2) is 5.48. The molecule has 8 heteroatoms. The maximum Gasteiger partial charge on any atom is 0.311 e. The molecule has 0 spiro atoms. The predicted octanol–water partition coefficient (Wildman–Crippen LogP) is 1.95. The summed E-state index contributed by atoms with van der Waals surface area (Å²) in [5.74, 6) is -0.788. The molecule has 0 N–H and O–H groups in total. The van der Waals surface area contributed by atoms with E-state index in [1.807, 2.05) is 0 Å². The molecule has 1 aromatic heterocycles. The maximum absolute atomic E-state index is 12.8. The average Bonchev–Trinajstić information content (AvgIpc) is 2.27. The molecule has 6 nitrogen and oxygen atoms in total. The van der Waals surface area contributed by atoms with Crippen LogP contribution in [0, 0.1) is 17.0 Å². The van der Waals surface area contributed by atoms with Crippen LogP contribution in [-0.2, 0) is 16.0 Å². The lowest BCUT2D eigenvalue weighted by atomic mass is 10.1. The van der Waals surface area contributed by atoms with Crippen molar-refractivity contribution in [1.82, 2.24) is 4.98 Å². The van der Waals surface area contributed by atoms with Gasteiger partial charge in [0.15, 0.2) is 0 Å². The molecule has 0 saturated carbocycles. The number of aromatic nitrogens is 1. The topological polar surface area (TPSA) is 82.3 Å². The standard InChI is InChI=1S/C10H10F2N2O4/c1-5-3-7(14(16)17)9(10(11)12)6(13-5)4-8(15)18-2/h3,10H,4H2,1-2H3. The Morgan fingerprint density at radius 3 is 2.67 bits per heavy atom. The number of esters is 1. The van der Waals surface area contributed by atoms with Crippen LogP contribution in [0.4, 0.5) is 14.5 Å². The lowest BCUT2D eigenvalue weighted by Gasteiger charge is -2.09. The number of nitrogens with zero attached hydrogens (tertiary/aromatic N) is 2. The average molecular weight is 260 g/mol. The van der Waals surface area contributed by atoms with Crippen molar-refractivity contribution in [1.29, 1.82) is 0 Å². The summed E-state index contributed by atoms with van der Waals surface area (Å²) in [5, 5.41) is 10.7. The van der Waals surface area contributed by atoms with Gasteiger partial charge in [-0.25, -0.2) is 8.78 Å². The molecule has 1 rings (SSSR count). The van der Waals surface area contributed by atoms with Crippen molar-refractivity contribution in [2.24, 2.45) is 0 Å². The summed E-state index contributed by atoms with van der Waals surface area (Å²) in [6.45, 7) is 1.42. The largest absolute Gasteiger partial charge is 0.469 e. The predicted molar refractivity (Wildman–Crippen MR) is 56.3 cm³/mol. The van der Waals surface area contributed by atoms with Crippen molar-refractivity contribution in [2.45, 2.75) is 19.8 Å². The number of methoxy groups -OCH3 is 1. The number of halogens is 2. The van der Waals surface area contributed by atoms with Crippen LogP contribution < -0.4 is 0 Å². The highest BCUT2D eigenvalue weighted by Crippen LogP contribution is 2.32. The van der Waals surface area contributed by atoms with E-state index >= 15 is 0 Å². The highest BCUT2D eigenvalue weighted by atomic mass is 19.3. The fourth-order valence-electron chi connectivity index (χ4n) is 1.46. The molecule has 1 aromatic rings. The number of ether oxygens (including phenoxy) is 1. The molecule has 18 heavy (non-hydrogen) atoms. The van der Waals surface area contributed by atoms with E-state index in [2.05, 4.69) is 9.72 Å². The minimum atomic E-state index is -3.09. The van der Waals surface area contributed by atoms with Gasteiger partial charge in [0.25, 0.3) is 12.1 Å². The molecule has 0 radical (unpaired) electrons. The first-order chi connectivity index (χ1) is 8.36. The van der Waals surface area contributed by atoms with Gasteiger partial charge in [0.05, 0.1) is 24.1 Å². The molecule has 98 valence electrons. The van der Waals surface area contributed by atoms with Crippen molar-refractivity contribution in [3.8, 4) is 0 Å². The molecule has 0 amide bonds. The van der Waals surface area contributed by atoms with Gasteiger partial charge in [-0.2, -0.15) is 0 Å². The fourth-order valence-corrected chi connectivity index (χ4v) is 1.46. The normalized spacial score (nSPS) is 10.5. The van der Waals surface area contributed by atoms with Crippen LogP contribution in [0.15, 0.2) is 6.07 Å². The number of carbonyl (C=O) groups is 1. The lowest BCUT2D eigenvalue weighted by Crippen LogP contribution is -2.12. The van der Waals surface area contributed by atoms with Gasteiger partial charge in [0, 0.05) is 11.8 Å². The molecule has 0 aliphatic heterocycles. The van der Waals surface area contributed by atoms with Crippen molar-refractivity contribution < 1.29 is 23.2 Å². The quantitative estimate of drug-likeness (QED) is 0.469. The van der Waals surface area contributed by atoms with Crippen molar-refractivity contribution in [2.75, 3.05) is 7.11 Å². The minimum Gasteiger partial charge on any atom is -0.469 e. The highest BCUT2D eigenvalue weighted by molar-refractivity contribution is 5.73.